The lowest BCUT2D eigenvalue weighted by Crippen LogP contribution is -2.32. The molecule has 1 amide bonds. The van der Waals surface area contributed by atoms with Gasteiger partial charge in [-0.3, -0.25) is 4.79 Å². The fourth-order valence-electron chi connectivity index (χ4n) is 2.03. The highest BCUT2D eigenvalue weighted by molar-refractivity contribution is 7.80. The first-order valence-electron chi connectivity index (χ1n) is 5.59. The van der Waals surface area contributed by atoms with Gasteiger partial charge in [0.05, 0.1) is 10.7 Å². The summed E-state index contributed by atoms with van der Waals surface area (Å²) >= 11 is 10.3. The van der Waals surface area contributed by atoms with Crippen LogP contribution in [0.2, 0.25) is 5.02 Å². The van der Waals surface area contributed by atoms with Gasteiger partial charge in [0.15, 0.2) is 0 Å². The number of carbonyl (C=O) groups excluding carboxylic acids is 1. The Morgan fingerprint density at radius 1 is 1.50 bits per heavy atom. The Morgan fingerprint density at radius 2 is 2.22 bits per heavy atom. The lowest BCUT2D eigenvalue weighted by molar-refractivity contribution is -0.117. The maximum Gasteiger partial charge on any atom is 0.488 e. The molecule has 18 heavy (non-hydrogen) atoms. The molecule has 4 nitrogen and oxygen atoms in total. The molecule has 1 aliphatic heterocycles. The molecule has 1 atom stereocenters. The molecular formula is C11H13BClNO3S. The zero-order valence-corrected chi connectivity index (χ0v) is 11.2. The molecule has 1 aromatic carbocycles. The van der Waals surface area contributed by atoms with Gasteiger partial charge in [-0.1, -0.05) is 17.7 Å². The average Bonchev–Trinajstić information content (AvgIpc) is 2.71. The number of benzene rings is 1. The summed E-state index contributed by atoms with van der Waals surface area (Å²) in [5.41, 5.74) is 0.841. The lowest BCUT2D eigenvalue weighted by Gasteiger charge is -2.19. The third kappa shape index (κ3) is 2.67. The van der Waals surface area contributed by atoms with Gasteiger partial charge in [0.25, 0.3) is 0 Å². The van der Waals surface area contributed by atoms with E-state index in [9.17, 15) is 4.79 Å². The largest absolute Gasteiger partial charge is 0.488 e. The molecule has 1 aromatic rings. The van der Waals surface area contributed by atoms with Gasteiger partial charge in [-0.05, 0) is 29.3 Å². The molecule has 0 bridgehead atoms. The SMILES string of the molecule is O=C1CC(CS)CN1c1cc(B(O)O)ccc1Cl. The smallest absolute Gasteiger partial charge is 0.423 e. The van der Waals surface area contributed by atoms with Gasteiger partial charge in [0, 0.05) is 13.0 Å². The normalized spacial score (nSPS) is 19.4. The topological polar surface area (TPSA) is 60.8 Å². The summed E-state index contributed by atoms with van der Waals surface area (Å²) < 4.78 is 0. The number of nitrogens with zero attached hydrogens (tertiary/aromatic N) is 1. The molecule has 1 saturated heterocycles. The first-order valence-corrected chi connectivity index (χ1v) is 6.60. The summed E-state index contributed by atoms with van der Waals surface area (Å²) in [5.74, 6) is 0.836. The summed E-state index contributed by atoms with van der Waals surface area (Å²) in [6.45, 7) is 0.563. The van der Waals surface area contributed by atoms with Crippen LogP contribution >= 0.6 is 24.2 Å². The lowest BCUT2D eigenvalue weighted by atomic mass is 9.80. The Bertz CT molecular complexity index is 472. The molecule has 0 spiro atoms. The minimum absolute atomic E-state index is 0.0134. The van der Waals surface area contributed by atoms with Crippen molar-refractivity contribution in [1.82, 2.24) is 0 Å². The van der Waals surface area contributed by atoms with E-state index in [4.69, 9.17) is 21.6 Å². The molecule has 2 rings (SSSR count). The predicted molar refractivity (Wildman–Crippen MR) is 75.6 cm³/mol. The molecule has 1 aliphatic rings. The van der Waals surface area contributed by atoms with Crippen molar-refractivity contribution in [3.8, 4) is 0 Å². The van der Waals surface area contributed by atoms with Crippen LogP contribution in [0.5, 0.6) is 0 Å². The molecule has 2 N–H and O–H groups in total. The standard InChI is InChI=1S/C11H13BClNO3S/c13-9-2-1-8(12(16)17)4-10(9)14-5-7(6-18)3-11(14)15/h1-2,4,7,16-18H,3,5-6H2. The molecule has 1 fully saturated rings. The van der Waals surface area contributed by atoms with Gasteiger partial charge in [-0.15, -0.1) is 0 Å². The summed E-state index contributed by atoms with van der Waals surface area (Å²) in [6.07, 6.45) is 0.450. The van der Waals surface area contributed by atoms with Crippen molar-refractivity contribution in [1.29, 1.82) is 0 Å². The zero-order chi connectivity index (χ0) is 13.3. The number of hydrogen-bond acceptors (Lipinski definition) is 4. The van der Waals surface area contributed by atoms with E-state index in [2.05, 4.69) is 12.6 Å². The molecule has 0 saturated carbocycles. The first kappa shape index (κ1) is 13.7. The van der Waals surface area contributed by atoms with Gasteiger partial charge in [0.1, 0.15) is 0 Å². The van der Waals surface area contributed by atoms with Crippen molar-refractivity contribution in [3.63, 3.8) is 0 Å². The highest BCUT2D eigenvalue weighted by Crippen LogP contribution is 2.30. The maximum atomic E-state index is 11.9. The highest BCUT2D eigenvalue weighted by Gasteiger charge is 2.31. The summed E-state index contributed by atoms with van der Waals surface area (Å²) in [6, 6.07) is 4.62. The zero-order valence-electron chi connectivity index (χ0n) is 9.58. The van der Waals surface area contributed by atoms with Crippen LogP contribution in [0.3, 0.4) is 0 Å². The number of amides is 1. The van der Waals surface area contributed by atoms with E-state index in [1.54, 1.807) is 11.0 Å². The molecule has 0 aromatic heterocycles. The third-order valence-electron chi connectivity index (χ3n) is 3.02. The molecular weight excluding hydrogens is 272 g/mol. The number of anilines is 1. The molecule has 1 heterocycles. The van der Waals surface area contributed by atoms with E-state index in [1.165, 1.54) is 12.1 Å². The second kappa shape index (κ2) is 5.53. The summed E-state index contributed by atoms with van der Waals surface area (Å²) in [5, 5.41) is 18.7. The van der Waals surface area contributed by atoms with E-state index in [0.717, 1.165) is 0 Å². The Balaban J connectivity index is 2.33. The van der Waals surface area contributed by atoms with Crippen LogP contribution in [0.25, 0.3) is 0 Å². The van der Waals surface area contributed by atoms with Crippen LogP contribution in [0, 0.1) is 5.92 Å². The Morgan fingerprint density at radius 3 is 2.78 bits per heavy atom. The van der Waals surface area contributed by atoms with Crippen LogP contribution in [0.4, 0.5) is 5.69 Å². The molecule has 1 unspecified atom stereocenters. The predicted octanol–water partition coefficient (Wildman–Crippen LogP) is 0.303. The van der Waals surface area contributed by atoms with Crippen molar-refractivity contribution >= 4 is 48.4 Å². The van der Waals surface area contributed by atoms with E-state index in [1.807, 2.05) is 0 Å². The van der Waals surface area contributed by atoms with Crippen LogP contribution in [0.15, 0.2) is 18.2 Å². The van der Waals surface area contributed by atoms with Crippen molar-refractivity contribution in [2.45, 2.75) is 6.42 Å². The third-order valence-corrected chi connectivity index (χ3v) is 3.86. The summed E-state index contributed by atoms with van der Waals surface area (Å²) in [7, 11) is -1.57. The molecule has 7 heteroatoms. The molecule has 0 aliphatic carbocycles. The van der Waals surface area contributed by atoms with E-state index >= 15 is 0 Å². The maximum absolute atomic E-state index is 11.9. The Kier molecular flexibility index (Phi) is 4.22. The van der Waals surface area contributed by atoms with Crippen molar-refractivity contribution in [2.75, 3.05) is 17.2 Å². The Labute approximate surface area is 116 Å². The van der Waals surface area contributed by atoms with Crippen molar-refractivity contribution < 1.29 is 14.8 Å². The van der Waals surface area contributed by atoms with Gasteiger partial charge in [0.2, 0.25) is 5.91 Å². The van der Waals surface area contributed by atoms with Crippen LogP contribution < -0.4 is 10.4 Å². The van der Waals surface area contributed by atoms with Crippen molar-refractivity contribution in [3.05, 3.63) is 23.2 Å². The van der Waals surface area contributed by atoms with Crippen LogP contribution in [0.1, 0.15) is 6.42 Å². The number of halogens is 1. The second-order valence-electron chi connectivity index (χ2n) is 4.34. The second-order valence-corrected chi connectivity index (χ2v) is 5.11. The van der Waals surface area contributed by atoms with Gasteiger partial charge >= 0.3 is 7.12 Å². The highest BCUT2D eigenvalue weighted by atomic mass is 35.5. The number of carbonyl (C=O) groups is 1. The van der Waals surface area contributed by atoms with E-state index in [-0.39, 0.29) is 11.8 Å². The van der Waals surface area contributed by atoms with Crippen molar-refractivity contribution in [2.24, 2.45) is 5.92 Å². The monoisotopic (exact) mass is 285 g/mol. The van der Waals surface area contributed by atoms with E-state index in [0.29, 0.717) is 34.9 Å². The molecule has 96 valence electrons. The molecule has 0 radical (unpaired) electrons. The number of rotatable bonds is 3. The quantitative estimate of drug-likeness (QED) is 0.553. The Hall–Kier alpha value is -0.685. The number of hydrogen-bond donors (Lipinski definition) is 3. The van der Waals surface area contributed by atoms with Crippen LogP contribution in [-0.2, 0) is 4.79 Å². The minimum Gasteiger partial charge on any atom is -0.423 e. The fraction of sp³-hybridized carbons (Fsp3) is 0.364. The van der Waals surface area contributed by atoms with Gasteiger partial charge in [-0.2, -0.15) is 12.6 Å². The number of thiol groups is 1. The van der Waals surface area contributed by atoms with Gasteiger partial charge in [-0.25, -0.2) is 0 Å². The first-order chi connectivity index (χ1) is 8.52. The average molecular weight is 286 g/mol. The van der Waals surface area contributed by atoms with E-state index < -0.39 is 7.12 Å². The summed E-state index contributed by atoms with van der Waals surface area (Å²) in [4.78, 5) is 13.5. The van der Waals surface area contributed by atoms with Crippen LogP contribution in [-0.4, -0.2) is 35.4 Å². The fourth-order valence-corrected chi connectivity index (χ4v) is 2.50. The van der Waals surface area contributed by atoms with Gasteiger partial charge < -0.3 is 14.9 Å². The minimum atomic E-state index is -1.57.